The van der Waals surface area contributed by atoms with E-state index in [0.717, 1.165) is 53.2 Å². The number of carboxylic acid groups (broad SMARTS) is 1. The fourth-order valence-corrected chi connectivity index (χ4v) is 8.76. The molecule has 0 amide bonds. The van der Waals surface area contributed by atoms with Crippen LogP contribution in [0.5, 0.6) is 5.75 Å². The monoisotopic (exact) mass is 738 g/mol. The molecule has 1 fully saturated rings. The van der Waals surface area contributed by atoms with Gasteiger partial charge < -0.3 is 33.7 Å². The van der Waals surface area contributed by atoms with Crippen molar-refractivity contribution in [2.24, 2.45) is 5.92 Å². The lowest BCUT2D eigenvalue weighted by Crippen LogP contribution is -2.53. The van der Waals surface area contributed by atoms with Crippen molar-refractivity contribution in [3.63, 3.8) is 0 Å². The number of anilines is 1. The van der Waals surface area contributed by atoms with Gasteiger partial charge in [0.1, 0.15) is 12.4 Å². The first-order valence-corrected chi connectivity index (χ1v) is 19.7. The highest BCUT2D eigenvalue weighted by molar-refractivity contribution is 7.89. The van der Waals surface area contributed by atoms with Crippen LogP contribution in [0.4, 0.5) is 5.69 Å². The van der Waals surface area contributed by atoms with Crippen LogP contribution in [-0.2, 0) is 47.0 Å². The molecule has 0 radical (unpaired) electrons. The highest BCUT2D eigenvalue weighted by Gasteiger charge is 2.44. The van der Waals surface area contributed by atoms with Crippen molar-refractivity contribution in [3.05, 3.63) is 89.0 Å². The Bertz CT molecular complexity index is 1680. The summed E-state index contributed by atoms with van der Waals surface area (Å²) in [6.07, 6.45) is 1.41. The molecule has 3 aromatic rings. The van der Waals surface area contributed by atoms with Crippen molar-refractivity contribution >= 4 is 21.7 Å². The predicted octanol–water partition coefficient (Wildman–Crippen LogP) is 6.03. The molecule has 4 atom stereocenters. The Morgan fingerprint density at radius 3 is 2.38 bits per heavy atom. The molecule has 0 spiro atoms. The Morgan fingerprint density at radius 1 is 0.962 bits per heavy atom. The number of sulfonamides is 1. The van der Waals surface area contributed by atoms with Crippen LogP contribution in [0.3, 0.4) is 0 Å². The smallest absolute Gasteiger partial charge is 0.306 e. The average Bonchev–Trinajstić information content (AvgIpc) is 3.15. The summed E-state index contributed by atoms with van der Waals surface area (Å²) >= 11 is 0. The van der Waals surface area contributed by atoms with E-state index in [2.05, 4.69) is 23.1 Å². The van der Waals surface area contributed by atoms with Gasteiger partial charge >= 0.3 is 5.97 Å². The summed E-state index contributed by atoms with van der Waals surface area (Å²) in [5.41, 5.74) is 4.93. The first kappa shape index (κ1) is 39.7. The number of rotatable bonds is 19. The highest BCUT2D eigenvalue weighted by atomic mass is 32.2. The number of piperidine rings is 1. The third-order valence-electron chi connectivity index (χ3n) is 10.1. The van der Waals surface area contributed by atoms with Crippen molar-refractivity contribution < 1.29 is 42.0 Å². The third kappa shape index (κ3) is 10.1. The molecule has 0 aromatic heterocycles. The van der Waals surface area contributed by atoms with Gasteiger partial charge in [0, 0.05) is 45.9 Å². The number of carboxylic acids is 1. The summed E-state index contributed by atoms with van der Waals surface area (Å²) in [7, 11) is -0.636. The van der Waals surface area contributed by atoms with E-state index in [4.69, 9.17) is 23.7 Å². The molecule has 12 heteroatoms. The number of hydrogen-bond acceptors (Lipinski definition) is 9. The van der Waals surface area contributed by atoms with Crippen molar-refractivity contribution in [2.75, 3.05) is 65.2 Å². The van der Waals surface area contributed by atoms with E-state index >= 15 is 0 Å². The number of benzene rings is 3. The van der Waals surface area contributed by atoms with Gasteiger partial charge in [0.15, 0.2) is 0 Å². The van der Waals surface area contributed by atoms with E-state index in [-0.39, 0.29) is 30.4 Å². The standard InChI is InChI=1S/C40H54N2O9S/c1-5-32(40(43)44)24-34-25-36(33-12-9-30(10-13-33)27-49-22-21-48-4)39(26-42(34)52(45,46)35-14-7-29(2)8-15-35)51-28-31-11-16-38-37(23-31)41(18-20-50-38)17-6-19-47-3/h7-16,23,32,34,36,39H,5-6,17-22,24-28H2,1-4H3,(H,43,44)/t32?,34-,36+,39-/m0/s1. The molecule has 11 nitrogen and oxygen atoms in total. The number of ether oxygens (including phenoxy) is 5. The molecule has 3 aromatic carbocycles. The largest absolute Gasteiger partial charge is 0.490 e. The van der Waals surface area contributed by atoms with Crippen molar-refractivity contribution in [3.8, 4) is 5.75 Å². The summed E-state index contributed by atoms with van der Waals surface area (Å²) in [5.74, 6) is -0.960. The van der Waals surface area contributed by atoms with Gasteiger partial charge in [-0.15, -0.1) is 0 Å². The molecule has 0 aliphatic carbocycles. The molecule has 2 heterocycles. The Labute approximate surface area is 308 Å². The zero-order chi connectivity index (χ0) is 37.1. The van der Waals surface area contributed by atoms with E-state index in [9.17, 15) is 18.3 Å². The molecule has 1 unspecified atom stereocenters. The zero-order valence-electron chi connectivity index (χ0n) is 30.9. The van der Waals surface area contributed by atoms with Crippen LogP contribution in [0.1, 0.15) is 60.8 Å². The molecule has 5 rings (SSSR count). The van der Waals surface area contributed by atoms with E-state index < -0.39 is 34.1 Å². The number of nitrogens with zero attached hydrogens (tertiary/aromatic N) is 2. The van der Waals surface area contributed by atoms with Crippen LogP contribution in [0.15, 0.2) is 71.6 Å². The maximum absolute atomic E-state index is 14.4. The second-order valence-corrected chi connectivity index (χ2v) is 15.6. The lowest BCUT2D eigenvalue weighted by atomic mass is 9.81. The van der Waals surface area contributed by atoms with Crippen molar-refractivity contribution in [1.29, 1.82) is 0 Å². The van der Waals surface area contributed by atoms with Gasteiger partial charge in [-0.2, -0.15) is 4.31 Å². The van der Waals surface area contributed by atoms with E-state index in [0.29, 0.717) is 45.9 Å². The Hall–Kier alpha value is -3.52. The van der Waals surface area contributed by atoms with Crippen molar-refractivity contribution in [2.45, 2.75) is 75.7 Å². The van der Waals surface area contributed by atoms with Gasteiger partial charge in [0.25, 0.3) is 0 Å². The van der Waals surface area contributed by atoms with Gasteiger partial charge in [-0.05, 0) is 73.6 Å². The number of aryl methyl sites for hydroxylation is 1. The number of aliphatic carboxylic acids is 1. The van der Waals surface area contributed by atoms with Crippen molar-refractivity contribution in [1.82, 2.24) is 4.31 Å². The molecule has 1 saturated heterocycles. The van der Waals surface area contributed by atoms with Crippen LogP contribution in [0, 0.1) is 12.8 Å². The Balaban J connectivity index is 1.46. The molecule has 2 aliphatic rings. The SMILES string of the molecule is CCC(C[C@H]1C[C@H](c2ccc(COCCOC)cc2)[C@@H](OCc2ccc3c(c2)N(CCCOC)CCO3)CN1S(=O)(=O)c1ccc(C)cc1)C(=O)O. The number of hydrogen-bond donors (Lipinski definition) is 1. The molecule has 0 saturated carbocycles. The summed E-state index contributed by atoms with van der Waals surface area (Å²) in [5, 5.41) is 10.1. The van der Waals surface area contributed by atoms with Crippen LogP contribution < -0.4 is 9.64 Å². The van der Waals surface area contributed by atoms with E-state index in [1.165, 1.54) is 4.31 Å². The number of carbonyl (C=O) groups is 1. The van der Waals surface area contributed by atoms with Crippen LogP contribution >= 0.6 is 0 Å². The number of fused-ring (bicyclic) bond motifs is 1. The van der Waals surface area contributed by atoms with Gasteiger partial charge in [-0.3, -0.25) is 4.79 Å². The fraction of sp³-hybridized carbons (Fsp3) is 0.525. The molecule has 0 bridgehead atoms. The normalized spacial score (nSPS) is 19.9. The average molecular weight is 739 g/mol. The summed E-state index contributed by atoms with van der Waals surface area (Å²) in [6, 6.07) is 20.5. The first-order valence-electron chi connectivity index (χ1n) is 18.2. The lowest BCUT2D eigenvalue weighted by Gasteiger charge is -2.44. The zero-order valence-corrected chi connectivity index (χ0v) is 31.7. The maximum atomic E-state index is 14.4. The van der Waals surface area contributed by atoms with Gasteiger partial charge in [0.2, 0.25) is 10.0 Å². The minimum atomic E-state index is -3.98. The summed E-state index contributed by atoms with van der Waals surface area (Å²) < 4.78 is 59.1. The first-order chi connectivity index (χ1) is 25.1. The predicted molar refractivity (Wildman–Crippen MR) is 199 cm³/mol. The molecule has 1 N–H and O–H groups in total. The quantitative estimate of drug-likeness (QED) is 0.146. The second-order valence-electron chi connectivity index (χ2n) is 13.7. The minimum Gasteiger partial charge on any atom is -0.490 e. The van der Waals surface area contributed by atoms with Crippen LogP contribution in [0.2, 0.25) is 0 Å². The van der Waals surface area contributed by atoms with E-state index in [1.54, 1.807) is 38.5 Å². The number of methoxy groups -OCH3 is 2. The molecule has 2 aliphatic heterocycles. The molecular formula is C40H54N2O9S. The lowest BCUT2D eigenvalue weighted by molar-refractivity contribution is -0.142. The Morgan fingerprint density at radius 2 is 1.69 bits per heavy atom. The van der Waals surface area contributed by atoms with Gasteiger partial charge in [0.05, 0.1) is 55.6 Å². The van der Waals surface area contributed by atoms with E-state index in [1.807, 2.05) is 38.1 Å². The van der Waals surface area contributed by atoms with Gasteiger partial charge in [-0.25, -0.2) is 8.42 Å². The molecular weight excluding hydrogens is 685 g/mol. The fourth-order valence-electron chi connectivity index (χ4n) is 7.10. The summed E-state index contributed by atoms with van der Waals surface area (Å²) in [4.78, 5) is 14.8. The Kier molecular flexibility index (Phi) is 14.5. The van der Waals surface area contributed by atoms with Gasteiger partial charge in [-0.1, -0.05) is 55.0 Å². The molecule has 52 heavy (non-hydrogen) atoms. The third-order valence-corrected chi connectivity index (χ3v) is 12.0. The molecule has 284 valence electrons. The highest BCUT2D eigenvalue weighted by Crippen LogP contribution is 2.40. The topological polar surface area (TPSA) is 124 Å². The van der Waals surface area contributed by atoms with Crippen LogP contribution in [-0.4, -0.2) is 96.2 Å². The second kappa shape index (κ2) is 19.0. The minimum absolute atomic E-state index is 0.0840. The van der Waals surface area contributed by atoms with Crippen LogP contribution in [0.25, 0.3) is 0 Å². The maximum Gasteiger partial charge on any atom is 0.306 e. The summed E-state index contributed by atoms with van der Waals surface area (Å²) in [6.45, 7) is 8.46.